The smallest absolute Gasteiger partial charge is 0.149 e. The van der Waals surface area contributed by atoms with Gasteiger partial charge in [-0.1, -0.05) is 0 Å². The van der Waals surface area contributed by atoms with Crippen LogP contribution in [0.2, 0.25) is 0 Å². The van der Waals surface area contributed by atoms with E-state index in [1.165, 1.54) is 63.4 Å². The van der Waals surface area contributed by atoms with Gasteiger partial charge in [0.1, 0.15) is 16.5 Å². The molecule has 3 aromatic heterocycles. The molecule has 0 radical (unpaired) electrons. The number of anilines is 1. The Hall–Kier alpha value is -2.14. The molecular formula is C28H42N8OS. The Morgan fingerprint density at radius 2 is 1.76 bits per heavy atom. The minimum atomic E-state index is 0.427. The van der Waals surface area contributed by atoms with E-state index in [0.29, 0.717) is 24.5 Å². The molecule has 2 aliphatic heterocycles. The molecular weight excluding hydrogens is 496 g/mol. The Bertz CT molecular complexity index is 1200. The van der Waals surface area contributed by atoms with Crippen LogP contribution in [0.25, 0.3) is 10.2 Å². The first kappa shape index (κ1) is 26.1. The van der Waals surface area contributed by atoms with Gasteiger partial charge in [-0.05, 0) is 76.4 Å². The van der Waals surface area contributed by atoms with E-state index in [4.69, 9.17) is 14.7 Å². The summed E-state index contributed by atoms with van der Waals surface area (Å²) < 4.78 is 12.2. The fourth-order valence-electron chi connectivity index (χ4n) is 6.42. The number of piperazine rings is 1. The van der Waals surface area contributed by atoms with Crippen LogP contribution < -0.4 is 5.32 Å². The number of rotatable bonds is 7. The number of aryl methyl sites for hydroxylation is 1. The molecule has 3 fully saturated rings. The molecule has 0 atom stereocenters. The maximum absolute atomic E-state index is 5.51. The zero-order chi connectivity index (χ0) is 26.1. The minimum absolute atomic E-state index is 0.427. The van der Waals surface area contributed by atoms with E-state index < -0.39 is 0 Å². The summed E-state index contributed by atoms with van der Waals surface area (Å²) in [6.45, 7) is 13.2. The Morgan fingerprint density at radius 3 is 2.50 bits per heavy atom. The predicted octanol–water partition coefficient (Wildman–Crippen LogP) is 4.28. The summed E-state index contributed by atoms with van der Waals surface area (Å²) in [5.74, 6) is 1.80. The molecule has 1 aliphatic carbocycles. The van der Waals surface area contributed by atoms with Gasteiger partial charge < -0.3 is 10.1 Å². The van der Waals surface area contributed by atoms with Crippen LogP contribution in [-0.2, 0) is 11.2 Å². The summed E-state index contributed by atoms with van der Waals surface area (Å²) in [7, 11) is 0. The minimum Gasteiger partial charge on any atom is -0.381 e. The highest BCUT2D eigenvalue weighted by Crippen LogP contribution is 2.31. The van der Waals surface area contributed by atoms with Gasteiger partial charge in [0.15, 0.2) is 0 Å². The fraction of sp³-hybridized carbons (Fsp3) is 0.714. The third-order valence-electron chi connectivity index (χ3n) is 8.77. The van der Waals surface area contributed by atoms with E-state index in [9.17, 15) is 0 Å². The quantitative estimate of drug-likeness (QED) is 0.477. The predicted molar refractivity (Wildman–Crippen MR) is 152 cm³/mol. The lowest BCUT2D eigenvalue weighted by Crippen LogP contribution is -2.53. The molecule has 0 aromatic carbocycles. The third-order valence-corrected chi connectivity index (χ3v) is 9.60. The molecule has 5 heterocycles. The van der Waals surface area contributed by atoms with Crippen molar-refractivity contribution in [1.29, 1.82) is 0 Å². The first-order chi connectivity index (χ1) is 18.5. The van der Waals surface area contributed by atoms with Gasteiger partial charge in [-0.3, -0.25) is 14.5 Å². The number of nitrogens with one attached hydrogen (secondary N) is 1. The highest BCUT2D eigenvalue weighted by atomic mass is 32.1. The molecule has 0 unspecified atom stereocenters. The summed E-state index contributed by atoms with van der Waals surface area (Å²) in [6, 6.07) is 2.26. The molecule has 9 nitrogen and oxygen atoms in total. The normalized spacial score (nSPS) is 24.4. The maximum atomic E-state index is 5.51. The van der Waals surface area contributed by atoms with Crippen molar-refractivity contribution in [3.8, 4) is 0 Å². The van der Waals surface area contributed by atoms with Crippen LogP contribution in [0.5, 0.6) is 0 Å². The second-order valence-corrected chi connectivity index (χ2v) is 12.4. The molecule has 0 bridgehead atoms. The van der Waals surface area contributed by atoms with Gasteiger partial charge in [-0.25, -0.2) is 9.97 Å². The first-order valence-electron chi connectivity index (χ1n) is 14.5. The molecule has 3 aromatic rings. The number of ether oxygens (including phenoxy) is 1. The largest absolute Gasteiger partial charge is 0.381 e. The van der Waals surface area contributed by atoms with Crippen molar-refractivity contribution >= 4 is 27.6 Å². The van der Waals surface area contributed by atoms with Gasteiger partial charge in [-0.15, -0.1) is 0 Å². The van der Waals surface area contributed by atoms with Gasteiger partial charge in [0.05, 0.1) is 23.3 Å². The summed E-state index contributed by atoms with van der Waals surface area (Å²) in [4.78, 5) is 16.3. The van der Waals surface area contributed by atoms with Crippen molar-refractivity contribution < 1.29 is 4.74 Å². The maximum Gasteiger partial charge on any atom is 0.149 e. The number of hydrogen-bond donors (Lipinski definition) is 1. The zero-order valence-corrected chi connectivity index (χ0v) is 23.9. The van der Waals surface area contributed by atoms with E-state index in [1.807, 2.05) is 6.20 Å². The van der Waals surface area contributed by atoms with Crippen molar-refractivity contribution in [3.05, 3.63) is 29.5 Å². The monoisotopic (exact) mass is 538 g/mol. The molecule has 3 aliphatic rings. The number of fused-ring (bicyclic) bond motifs is 1. The van der Waals surface area contributed by atoms with Crippen LogP contribution in [0.4, 0.5) is 5.82 Å². The molecule has 206 valence electrons. The summed E-state index contributed by atoms with van der Waals surface area (Å²) >= 11 is 1.48. The zero-order valence-electron chi connectivity index (χ0n) is 23.1. The van der Waals surface area contributed by atoms with Gasteiger partial charge in [0.2, 0.25) is 0 Å². The number of hydrogen-bond acceptors (Lipinski definition) is 9. The van der Waals surface area contributed by atoms with E-state index >= 15 is 0 Å². The summed E-state index contributed by atoms with van der Waals surface area (Å²) in [5, 5.41) is 9.57. The van der Waals surface area contributed by atoms with Crippen molar-refractivity contribution in [3.63, 3.8) is 0 Å². The van der Waals surface area contributed by atoms with Crippen molar-refractivity contribution in [2.45, 2.75) is 89.9 Å². The van der Waals surface area contributed by atoms with Gasteiger partial charge >= 0.3 is 0 Å². The average molecular weight is 539 g/mol. The first-order valence-corrected chi connectivity index (χ1v) is 15.3. The van der Waals surface area contributed by atoms with Gasteiger partial charge in [-0.2, -0.15) is 9.47 Å². The Balaban J connectivity index is 1.11. The standard InChI is InChI=1S/C28H42N8OS/c1-19(2)34-10-12-35(13-11-34)23-6-4-22(5-7-23)30-27-26-20(3)33-38-28(26)32-25(31-27)16-21-17-29-36(18-21)24-8-14-37-15-9-24/h17-19,22-24H,4-16H2,1-3H3,(H,30,31,32). The molecule has 10 heteroatoms. The van der Waals surface area contributed by atoms with Crippen LogP contribution in [0.3, 0.4) is 0 Å². The Morgan fingerprint density at radius 1 is 1.00 bits per heavy atom. The van der Waals surface area contributed by atoms with Crippen molar-refractivity contribution in [2.75, 3.05) is 44.7 Å². The lowest BCUT2D eigenvalue weighted by Gasteiger charge is -2.43. The topological polar surface area (TPSA) is 84.2 Å². The Kier molecular flexibility index (Phi) is 7.92. The number of nitrogens with zero attached hydrogens (tertiary/aromatic N) is 7. The second kappa shape index (κ2) is 11.5. The van der Waals surface area contributed by atoms with Crippen LogP contribution in [-0.4, -0.2) is 91.4 Å². The molecule has 0 spiro atoms. The van der Waals surface area contributed by atoms with E-state index in [0.717, 1.165) is 65.2 Å². The molecule has 6 rings (SSSR count). The SMILES string of the molecule is Cc1nsc2nc(Cc3cnn(C4CCOCC4)c3)nc(NC3CCC(N4CCN(C(C)C)CC4)CC3)c12. The lowest BCUT2D eigenvalue weighted by atomic mass is 9.89. The Labute approximate surface area is 230 Å². The van der Waals surface area contributed by atoms with Gasteiger partial charge in [0.25, 0.3) is 0 Å². The molecule has 38 heavy (non-hydrogen) atoms. The second-order valence-electron chi connectivity index (χ2n) is 11.6. The highest BCUT2D eigenvalue weighted by Gasteiger charge is 2.29. The van der Waals surface area contributed by atoms with E-state index in [2.05, 4.69) is 56.2 Å². The van der Waals surface area contributed by atoms with E-state index in [-0.39, 0.29) is 0 Å². The summed E-state index contributed by atoms with van der Waals surface area (Å²) in [6.07, 6.45) is 11.7. The van der Waals surface area contributed by atoms with Crippen LogP contribution >= 0.6 is 11.5 Å². The van der Waals surface area contributed by atoms with Crippen LogP contribution in [0, 0.1) is 6.92 Å². The fourth-order valence-corrected chi connectivity index (χ4v) is 7.21. The number of aromatic nitrogens is 5. The van der Waals surface area contributed by atoms with Crippen molar-refractivity contribution in [1.82, 2.24) is 33.9 Å². The summed E-state index contributed by atoms with van der Waals surface area (Å²) in [5.41, 5.74) is 2.17. The molecule has 2 saturated heterocycles. The van der Waals surface area contributed by atoms with Crippen molar-refractivity contribution in [2.24, 2.45) is 0 Å². The molecule has 0 amide bonds. The lowest BCUT2D eigenvalue weighted by molar-refractivity contribution is 0.0631. The van der Waals surface area contributed by atoms with Crippen LogP contribution in [0.1, 0.15) is 75.5 Å². The van der Waals surface area contributed by atoms with Crippen LogP contribution in [0.15, 0.2) is 12.4 Å². The average Bonchev–Trinajstić information content (AvgIpc) is 3.56. The highest BCUT2D eigenvalue weighted by molar-refractivity contribution is 7.13. The molecule has 1 saturated carbocycles. The third kappa shape index (κ3) is 5.73. The molecule has 1 N–H and O–H groups in total. The van der Waals surface area contributed by atoms with E-state index in [1.54, 1.807) is 0 Å². The van der Waals surface area contributed by atoms with Gasteiger partial charge in [0, 0.05) is 70.1 Å².